The Hall–Kier alpha value is -3.10. The Morgan fingerprint density at radius 3 is 2.26 bits per heavy atom. The Labute approximate surface area is 162 Å². The first-order valence-corrected chi connectivity index (χ1v) is 8.67. The van der Waals surface area contributed by atoms with E-state index in [1.807, 2.05) is 0 Å². The van der Waals surface area contributed by atoms with Crippen LogP contribution in [0.5, 0.6) is 0 Å². The first-order chi connectivity index (χ1) is 12.9. The number of carbonyl (C=O) groups is 2. The van der Waals surface area contributed by atoms with E-state index in [-0.39, 0.29) is 21.6 Å². The number of hydrogen-bond donors (Lipinski definition) is 2. The molecule has 27 heavy (non-hydrogen) atoms. The minimum Gasteiger partial charge on any atom is -0.478 e. The molecule has 0 radical (unpaired) electrons. The summed E-state index contributed by atoms with van der Waals surface area (Å²) < 4.78 is 5.49. The quantitative estimate of drug-likeness (QED) is 0.463. The maximum atomic E-state index is 11.5. The standard InChI is InChI=1S/C18H11ClN2O5S/c19-13-7-5-11(6-8-13)15-20-21-18(26-15)27-14(17(24)25)9-10-1-3-12(4-2-10)16(22)23/h1-9H,(H,22,23)(H,24,25)/b14-9-. The van der Waals surface area contributed by atoms with Gasteiger partial charge < -0.3 is 14.6 Å². The number of benzene rings is 2. The number of carboxylic acids is 2. The maximum Gasteiger partial charge on any atom is 0.342 e. The van der Waals surface area contributed by atoms with Crippen LogP contribution in [-0.2, 0) is 4.79 Å². The number of aromatic carboxylic acids is 1. The van der Waals surface area contributed by atoms with Crippen LogP contribution in [0.15, 0.2) is 63.1 Å². The molecule has 0 aliphatic heterocycles. The largest absolute Gasteiger partial charge is 0.478 e. The summed E-state index contributed by atoms with van der Waals surface area (Å²) in [6.45, 7) is 0. The molecular weight excluding hydrogens is 392 g/mol. The third-order valence-electron chi connectivity index (χ3n) is 3.36. The molecule has 0 spiro atoms. The monoisotopic (exact) mass is 402 g/mol. The fourth-order valence-corrected chi connectivity index (χ4v) is 2.86. The smallest absolute Gasteiger partial charge is 0.342 e. The lowest BCUT2D eigenvalue weighted by atomic mass is 10.1. The molecule has 3 rings (SSSR count). The molecule has 136 valence electrons. The first kappa shape index (κ1) is 18.7. The predicted molar refractivity (Wildman–Crippen MR) is 99.6 cm³/mol. The molecule has 0 aliphatic carbocycles. The van der Waals surface area contributed by atoms with E-state index < -0.39 is 11.9 Å². The van der Waals surface area contributed by atoms with Crippen LogP contribution in [0.25, 0.3) is 17.5 Å². The van der Waals surface area contributed by atoms with E-state index in [2.05, 4.69) is 10.2 Å². The molecule has 1 heterocycles. The van der Waals surface area contributed by atoms with E-state index in [4.69, 9.17) is 21.1 Å². The van der Waals surface area contributed by atoms with Gasteiger partial charge >= 0.3 is 11.9 Å². The zero-order valence-corrected chi connectivity index (χ0v) is 15.1. The van der Waals surface area contributed by atoms with Crippen molar-refractivity contribution in [3.05, 3.63) is 69.6 Å². The van der Waals surface area contributed by atoms with Crippen LogP contribution in [0.2, 0.25) is 5.02 Å². The number of halogens is 1. The average Bonchev–Trinajstić information content (AvgIpc) is 3.10. The second-order valence-corrected chi connectivity index (χ2v) is 6.65. The van der Waals surface area contributed by atoms with E-state index in [1.165, 1.54) is 30.3 Å². The van der Waals surface area contributed by atoms with Crippen molar-refractivity contribution in [3.63, 3.8) is 0 Å². The van der Waals surface area contributed by atoms with Gasteiger partial charge in [0.15, 0.2) is 0 Å². The van der Waals surface area contributed by atoms with E-state index >= 15 is 0 Å². The summed E-state index contributed by atoms with van der Waals surface area (Å²) in [4.78, 5) is 22.3. The molecule has 3 aromatic rings. The minimum absolute atomic E-state index is 0.0515. The van der Waals surface area contributed by atoms with Gasteiger partial charge in [0.05, 0.1) is 5.56 Å². The van der Waals surface area contributed by atoms with Crippen molar-refractivity contribution in [1.82, 2.24) is 10.2 Å². The van der Waals surface area contributed by atoms with E-state index in [9.17, 15) is 14.7 Å². The topological polar surface area (TPSA) is 114 Å². The highest BCUT2D eigenvalue weighted by atomic mass is 35.5. The molecule has 0 aliphatic rings. The highest BCUT2D eigenvalue weighted by Crippen LogP contribution is 2.30. The van der Waals surface area contributed by atoms with E-state index in [0.717, 1.165) is 11.8 Å². The fourth-order valence-electron chi connectivity index (χ4n) is 2.06. The lowest BCUT2D eigenvalue weighted by molar-refractivity contribution is -0.131. The van der Waals surface area contributed by atoms with Gasteiger partial charge in [0, 0.05) is 10.6 Å². The zero-order valence-electron chi connectivity index (χ0n) is 13.5. The number of aromatic nitrogens is 2. The first-order valence-electron chi connectivity index (χ1n) is 7.48. The lowest BCUT2D eigenvalue weighted by Gasteiger charge is -2.00. The van der Waals surface area contributed by atoms with Gasteiger partial charge in [0.2, 0.25) is 5.89 Å². The minimum atomic E-state index is -1.17. The van der Waals surface area contributed by atoms with Crippen LogP contribution in [0.1, 0.15) is 15.9 Å². The molecule has 9 heteroatoms. The third kappa shape index (κ3) is 4.75. The van der Waals surface area contributed by atoms with Crippen molar-refractivity contribution in [3.8, 4) is 11.5 Å². The van der Waals surface area contributed by atoms with Crippen LogP contribution in [-0.4, -0.2) is 32.3 Å². The van der Waals surface area contributed by atoms with E-state index in [1.54, 1.807) is 24.3 Å². The highest BCUT2D eigenvalue weighted by molar-refractivity contribution is 8.03. The van der Waals surface area contributed by atoms with Crippen molar-refractivity contribution in [2.75, 3.05) is 0 Å². The second-order valence-electron chi connectivity index (χ2n) is 5.22. The zero-order chi connectivity index (χ0) is 19.4. The molecule has 0 saturated heterocycles. The molecule has 0 amide bonds. The van der Waals surface area contributed by atoms with Crippen LogP contribution < -0.4 is 0 Å². The molecule has 0 unspecified atom stereocenters. The van der Waals surface area contributed by atoms with Crippen LogP contribution in [0.4, 0.5) is 0 Å². The van der Waals surface area contributed by atoms with Crippen molar-refractivity contribution in [2.45, 2.75) is 5.22 Å². The SMILES string of the molecule is O=C(O)/C(=C/c1ccc(C(=O)O)cc1)Sc1nnc(-c2ccc(Cl)cc2)o1. The maximum absolute atomic E-state index is 11.5. The van der Waals surface area contributed by atoms with Gasteiger partial charge in [0.25, 0.3) is 5.22 Å². The predicted octanol–water partition coefficient (Wildman–Crippen LogP) is 4.31. The Morgan fingerprint density at radius 1 is 1.00 bits per heavy atom. The molecule has 0 fully saturated rings. The van der Waals surface area contributed by atoms with Crippen LogP contribution in [0, 0.1) is 0 Å². The fraction of sp³-hybridized carbons (Fsp3) is 0. The van der Waals surface area contributed by atoms with Gasteiger partial charge in [0.1, 0.15) is 4.91 Å². The molecular formula is C18H11ClN2O5S. The summed E-state index contributed by atoms with van der Waals surface area (Å²) in [5, 5.41) is 26.7. The van der Waals surface area contributed by atoms with Gasteiger partial charge in [-0.15, -0.1) is 10.2 Å². The van der Waals surface area contributed by atoms with Gasteiger partial charge in [-0.3, -0.25) is 0 Å². The second kappa shape index (κ2) is 8.07. The number of carboxylic acid groups (broad SMARTS) is 2. The van der Waals surface area contributed by atoms with Crippen molar-refractivity contribution in [2.24, 2.45) is 0 Å². The van der Waals surface area contributed by atoms with Gasteiger partial charge in [-0.1, -0.05) is 23.7 Å². The third-order valence-corrected chi connectivity index (χ3v) is 4.47. The molecule has 1 aromatic heterocycles. The number of rotatable bonds is 6. The number of nitrogens with zero attached hydrogens (tertiary/aromatic N) is 2. The lowest BCUT2D eigenvalue weighted by Crippen LogP contribution is -1.98. The molecule has 2 N–H and O–H groups in total. The molecule has 0 bridgehead atoms. The summed E-state index contributed by atoms with van der Waals surface area (Å²) in [7, 11) is 0. The number of aliphatic carboxylic acids is 1. The number of thioether (sulfide) groups is 1. The summed E-state index contributed by atoms with van der Waals surface area (Å²) in [5.74, 6) is -1.99. The van der Waals surface area contributed by atoms with Crippen molar-refractivity contribution < 1.29 is 24.2 Å². The van der Waals surface area contributed by atoms with Gasteiger partial charge in [-0.2, -0.15) is 0 Å². The molecule has 2 aromatic carbocycles. The summed E-state index contributed by atoms with van der Waals surface area (Å²) in [5.41, 5.74) is 1.30. The summed E-state index contributed by atoms with van der Waals surface area (Å²) in [6, 6.07) is 12.6. The molecule has 0 saturated carbocycles. The van der Waals surface area contributed by atoms with Crippen LogP contribution in [0.3, 0.4) is 0 Å². The summed E-state index contributed by atoms with van der Waals surface area (Å²) >= 11 is 6.64. The Bertz CT molecular complexity index is 1010. The highest BCUT2D eigenvalue weighted by Gasteiger charge is 2.16. The number of hydrogen-bond acceptors (Lipinski definition) is 6. The molecule has 7 nitrogen and oxygen atoms in total. The van der Waals surface area contributed by atoms with Crippen molar-refractivity contribution in [1.29, 1.82) is 0 Å². The Balaban J connectivity index is 1.81. The average molecular weight is 403 g/mol. The molecule has 0 atom stereocenters. The Kier molecular flexibility index (Phi) is 5.58. The van der Waals surface area contributed by atoms with Crippen molar-refractivity contribution >= 4 is 41.4 Å². The Morgan fingerprint density at radius 2 is 1.67 bits per heavy atom. The van der Waals surface area contributed by atoms with E-state index in [0.29, 0.717) is 16.1 Å². The van der Waals surface area contributed by atoms with Gasteiger partial charge in [-0.25, -0.2) is 9.59 Å². The summed E-state index contributed by atoms with van der Waals surface area (Å²) in [6.07, 6.45) is 1.39. The van der Waals surface area contributed by atoms with Crippen LogP contribution >= 0.6 is 23.4 Å². The normalized spacial score (nSPS) is 11.4. The van der Waals surface area contributed by atoms with Gasteiger partial charge in [-0.05, 0) is 59.8 Å².